The van der Waals surface area contributed by atoms with Gasteiger partial charge >= 0.3 is 0 Å². The van der Waals surface area contributed by atoms with Gasteiger partial charge in [0.25, 0.3) is 0 Å². The Morgan fingerprint density at radius 2 is 2.31 bits per heavy atom. The Morgan fingerprint density at radius 3 is 2.62 bits per heavy atom. The van der Waals surface area contributed by atoms with Gasteiger partial charge < -0.3 is 9.52 Å². The van der Waals surface area contributed by atoms with Crippen LogP contribution in [0.15, 0.2) is 15.2 Å². The quantitative estimate of drug-likeness (QED) is 0.869. The highest BCUT2D eigenvalue weighted by atomic mass is 79.9. The number of aryl methyl sites for hydroxylation is 1. The van der Waals surface area contributed by atoms with Gasteiger partial charge in [-0.05, 0) is 47.3 Å². The molecular formula is C10H13BrO2. The Kier molecular flexibility index (Phi) is 2.24. The molecule has 0 saturated heterocycles. The molecule has 1 aromatic heterocycles. The van der Waals surface area contributed by atoms with E-state index in [1.54, 1.807) is 0 Å². The fraction of sp³-hybridized carbons (Fsp3) is 0.600. The minimum Gasteiger partial charge on any atom is -0.453 e. The van der Waals surface area contributed by atoms with Crippen LogP contribution < -0.4 is 0 Å². The Balaban J connectivity index is 2.37. The van der Waals surface area contributed by atoms with Crippen molar-refractivity contribution in [3.8, 4) is 0 Å². The molecule has 0 bridgehead atoms. The largest absolute Gasteiger partial charge is 0.453 e. The van der Waals surface area contributed by atoms with Crippen LogP contribution in [0.4, 0.5) is 0 Å². The molecule has 13 heavy (non-hydrogen) atoms. The minimum absolute atomic E-state index is 0.0733. The lowest BCUT2D eigenvalue weighted by molar-refractivity contribution is 0.0969. The molecule has 1 N–H and O–H groups in total. The maximum Gasteiger partial charge on any atom is 0.169 e. The average Bonchev–Trinajstić information content (AvgIpc) is 2.30. The molecule has 0 radical (unpaired) electrons. The molecule has 2 rings (SSSR count). The lowest BCUT2D eigenvalue weighted by Gasteiger charge is -2.38. The monoisotopic (exact) mass is 244 g/mol. The van der Waals surface area contributed by atoms with Crippen LogP contribution in [-0.4, -0.2) is 11.7 Å². The zero-order valence-corrected chi connectivity index (χ0v) is 9.23. The summed E-state index contributed by atoms with van der Waals surface area (Å²) in [5, 5.41) is 9.35. The summed E-state index contributed by atoms with van der Waals surface area (Å²) < 4.78 is 6.33. The van der Waals surface area contributed by atoms with Crippen LogP contribution in [-0.2, 0) is 5.41 Å². The number of aliphatic hydroxyl groups is 1. The maximum atomic E-state index is 9.35. The Labute approximate surface area is 86.1 Å². The van der Waals surface area contributed by atoms with Crippen molar-refractivity contribution in [1.29, 1.82) is 0 Å². The van der Waals surface area contributed by atoms with E-state index < -0.39 is 0 Å². The van der Waals surface area contributed by atoms with Gasteiger partial charge in [-0.3, -0.25) is 0 Å². The van der Waals surface area contributed by atoms with Crippen molar-refractivity contribution in [3.05, 3.63) is 22.1 Å². The number of halogens is 1. The second-order valence-corrected chi connectivity index (χ2v) is 4.64. The molecule has 2 nitrogen and oxygen atoms in total. The van der Waals surface area contributed by atoms with E-state index in [1.165, 1.54) is 6.42 Å². The molecule has 0 aliphatic heterocycles. The second kappa shape index (κ2) is 3.14. The van der Waals surface area contributed by atoms with E-state index in [1.807, 2.05) is 13.0 Å². The van der Waals surface area contributed by atoms with E-state index in [0.29, 0.717) is 0 Å². The lowest BCUT2D eigenvalue weighted by atomic mass is 9.67. The summed E-state index contributed by atoms with van der Waals surface area (Å²) in [6, 6.07) is 1.96. The minimum atomic E-state index is -0.0733. The van der Waals surface area contributed by atoms with Crippen LogP contribution in [0, 0.1) is 6.92 Å². The standard InChI is InChI=1S/C10H13BrO2/c1-7-5-8(11)13-9(7)10(6-12)3-2-4-10/h5,12H,2-4,6H2,1H3. The highest BCUT2D eigenvalue weighted by Crippen LogP contribution is 2.45. The molecule has 0 amide bonds. The van der Waals surface area contributed by atoms with Crippen molar-refractivity contribution in [1.82, 2.24) is 0 Å². The van der Waals surface area contributed by atoms with Crippen molar-refractivity contribution in [2.75, 3.05) is 6.61 Å². The average molecular weight is 245 g/mol. The van der Waals surface area contributed by atoms with E-state index in [-0.39, 0.29) is 12.0 Å². The molecule has 0 atom stereocenters. The molecule has 1 heterocycles. The van der Waals surface area contributed by atoms with Crippen LogP contribution >= 0.6 is 15.9 Å². The molecule has 3 heteroatoms. The molecule has 72 valence electrons. The second-order valence-electron chi connectivity index (χ2n) is 3.85. The van der Waals surface area contributed by atoms with Gasteiger partial charge in [0.05, 0.1) is 12.0 Å². The summed E-state index contributed by atoms with van der Waals surface area (Å²) in [6.45, 7) is 2.23. The summed E-state index contributed by atoms with van der Waals surface area (Å²) in [7, 11) is 0. The van der Waals surface area contributed by atoms with Crippen LogP contribution in [0.3, 0.4) is 0 Å². The normalized spacial score (nSPS) is 19.9. The van der Waals surface area contributed by atoms with Crippen molar-refractivity contribution < 1.29 is 9.52 Å². The molecule has 1 aromatic rings. The molecule has 1 aliphatic carbocycles. The lowest BCUT2D eigenvalue weighted by Crippen LogP contribution is -2.38. The van der Waals surface area contributed by atoms with E-state index in [0.717, 1.165) is 28.8 Å². The number of aliphatic hydroxyl groups excluding tert-OH is 1. The highest BCUT2D eigenvalue weighted by molar-refractivity contribution is 9.10. The first kappa shape index (κ1) is 9.28. The number of furan rings is 1. The molecule has 1 aliphatic rings. The first-order valence-electron chi connectivity index (χ1n) is 4.55. The molecule has 0 unspecified atom stereocenters. The van der Waals surface area contributed by atoms with E-state index in [4.69, 9.17) is 4.42 Å². The third-order valence-electron chi connectivity index (χ3n) is 2.98. The summed E-state index contributed by atoms with van der Waals surface area (Å²) in [6.07, 6.45) is 3.28. The summed E-state index contributed by atoms with van der Waals surface area (Å²) in [4.78, 5) is 0. The fourth-order valence-electron chi connectivity index (χ4n) is 2.03. The third kappa shape index (κ3) is 1.34. The van der Waals surface area contributed by atoms with Gasteiger partial charge in [0.2, 0.25) is 0 Å². The Morgan fingerprint density at radius 1 is 1.62 bits per heavy atom. The van der Waals surface area contributed by atoms with Crippen LogP contribution in [0.5, 0.6) is 0 Å². The number of rotatable bonds is 2. The van der Waals surface area contributed by atoms with Gasteiger partial charge in [-0.15, -0.1) is 0 Å². The van der Waals surface area contributed by atoms with Crippen LogP contribution in [0.25, 0.3) is 0 Å². The third-order valence-corrected chi connectivity index (χ3v) is 3.37. The van der Waals surface area contributed by atoms with Gasteiger partial charge in [-0.2, -0.15) is 0 Å². The van der Waals surface area contributed by atoms with Crippen molar-refractivity contribution in [3.63, 3.8) is 0 Å². The highest BCUT2D eigenvalue weighted by Gasteiger charge is 2.42. The topological polar surface area (TPSA) is 33.4 Å². The summed E-state index contributed by atoms with van der Waals surface area (Å²) >= 11 is 3.31. The molecular weight excluding hydrogens is 232 g/mol. The van der Waals surface area contributed by atoms with E-state index in [2.05, 4.69) is 15.9 Å². The fourth-order valence-corrected chi connectivity index (χ4v) is 2.54. The first-order chi connectivity index (χ1) is 6.18. The van der Waals surface area contributed by atoms with Gasteiger partial charge in [0.15, 0.2) is 4.67 Å². The predicted octanol–water partition coefficient (Wildman–Crippen LogP) is 2.76. The van der Waals surface area contributed by atoms with Gasteiger partial charge in [-0.25, -0.2) is 0 Å². The predicted molar refractivity (Wildman–Crippen MR) is 53.8 cm³/mol. The molecule has 0 aromatic carbocycles. The van der Waals surface area contributed by atoms with Crippen molar-refractivity contribution in [2.24, 2.45) is 0 Å². The van der Waals surface area contributed by atoms with E-state index in [9.17, 15) is 5.11 Å². The zero-order valence-electron chi connectivity index (χ0n) is 7.64. The van der Waals surface area contributed by atoms with Crippen molar-refractivity contribution >= 4 is 15.9 Å². The van der Waals surface area contributed by atoms with Crippen LogP contribution in [0.1, 0.15) is 30.6 Å². The molecule has 0 spiro atoms. The maximum absolute atomic E-state index is 9.35. The Hall–Kier alpha value is -0.280. The van der Waals surface area contributed by atoms with E-state index >= 15 is 0 Å². The summed E-state index contributed by atoms with van der Waals surface area (Å²) in [5.41, 5.74) is 1.07. The Bertz CT molecular complexity index is 307. The SMILES string of the molecule is Cc1cc(Br)oc1C1(CO)CCC1. The zero-order chi connectivity index (χ0) is 9.47. The summed E-state index contributed by atoms with van der Waals surface area (Å²) in [5.74, 6) is 0.966. The van der Waals surface area contributed by atoms with Gasteiger partial charge in [0, 0.05) is 0 Å². The smallest absolute Gasteiger partial charge is 0.169 e. The molecule has 1 fully saturated rings. The van der Waals surface area contributed by atoms with Crippen molar-refractivity contribution in [2.45, 2.75) is 31.6 Å². The van der Waals surface area contributed by atoms with Crippen LogP contribution in [0.2, 0.25) is 0 Å². The first-order valence-corrected chi connectivity index (χ1v) is 5.34. The van der Waals surface area contributed by atoms with Gasteiger partial charge in [-0.1, -0.05) is 6.42 Å². The molecule has 1 saturated carbocycles. The number of hydrogen-bond acceptors (Lipinski definition) is 2. The number of hydrogen-bond donors (Lipinski definition) is 1. The van der Waals surface area contributed by atoms with Gasteiger partial charge in [0.1, 0.15) is 5.76 Å².